The van der Waals surface area contributed by atoms with Crippen molar-refractivity contribution < 1.29 is 14.3 Å². The molecule has 3 rings (SSSR count). The van der Waals surface area contributed by atoms with Gasteiger partial charge in [-0.2, -0.15) is 4.68 Å². The average Bonchev–Trinajstić information content (AvgIpc) is 3.14. The summed E-state index contributed by atoms with van der Waals surface area (Å²) in [5.41, 5.74) is 0.940. The van der Waals surface area contributed by atoms with E-state index in [0.717, 1.165) is 18.4 Å². The molecule has 0 saturated heterocycles. The van der Waals surface area contributed by atoms with Crippen LogP contribution in [0, 0.1) is 18.8 Å². The highest BCUT2D eigenvalue weighted by molar-refractivity contribution is 6.15. The number of aryl methyl sites for hydroxylation is 1. The molecule has 0 radical (unpaired) electrons. The van der Waals surface area contributed by atoms with Gasteiger partial charge in [-0.05, 0) is 47.2 Å². The molecule has 1 saturated carbocycles. The Balaban J connectivity index is 1.67. The van der Waals surface area contributed by atoms with Gasteiger partial charge in [0.1, 0.15) is 0 Å². The Labute approximate surface area is 170 Å². The number of nitrogens with one attached hydrogen (secondary N) is 1. The summed E-state index contributed by atoms with van der Waals surface area (Å²) in [7, 11) is 0. The van der Waals surface area contributed by atoms with E-state index in [1.807, 2.05) is 30.3 Å². The van der Waals surface area contributed by atoms with E-state index in [0.29, 0.717) is 17.7 Å². The first-order valence-electron chi connectivity index (χ1n) is 9.94. The van der Waals surface area contributed by atoms with Crippen LogP contribution in [0.3, 0.4) is 0 Å². The van der Waals surface area contributed by atoms with Crippen molar-refractivity contribution in [3.05, 3.63) is 41.7 Å². The van der Waals surface area contributed by atoms with Crippen molar-refractivity contribution in [2.45, 2.75) is 46.1 Å². The molecule has 1 heterocycles. The van der Waals surface area contributed by atoms with E-state index >= 15 is 0 Å². The summed E-state index contributed by atoms with van der Waals surface area (Å²) in [6.45, 7) is 5.70. The van der Waals surface area contributed by atoms with Crippen molar-refractivity contribution in [3.8, 4) is 0 Å². The topological polar surface area (TPSA) is 99.0 Å². The predicted octanol–water partition coefficient (Wildman–Crippen LogP) is 2.46. The second-order valence-corrected chi connectivity index (χ2v) is 7.60. The van der Waals surface area contributed by atoms with Crippen LogP contribution in [0.15, 0.2) is 30.3 Å². The molecule has 1 fully saturated rings. The van der Waals surface area contributed by atoms with Crippen LogP contribution >= 0.6 is 0 Å². The molecule has 3 atom stereocenters. The van der Waals surface area contributed by atoms with Gasteiger partial charge < -0.3 is 10.1 Å². The van der Waals surface area contributed by atoms with Gasteiger partial charge >= 0.3 is 5.97 Å². The molecule has 0 unspecified atom stereocenters. The second-order valence-electron chi connectivity index (χ2n) is 7.60. The van der Waals surface area contributed by atoms with Crippen molar-refractivity contribution >= 4 is 23.6 Å². The van der Waals surface area contributed by atoms with Crippen LogP contribution in [0.1, 0.15) is 44.5 Å². The summed E-state index contributed by atoms with van der Waals surface area (Å²) >= 11 is 0. The number of hydrogen-bond donors (Lipinski definition) is 1. The molecule has 1 amide bonds. The predicted molar refractivity (Wildman–Crippen MR) is 108 cm³/mol. The fourth-order valence-electron chi connectivity index (χ4n) is 3.61. The maximum atomic E-state index is 12.7. The average molecular weight is 397 g/mol. The maximum Gasteiger partial charge on any atom is 0.357 e. The molecular weight excluding hydrogens is 370 g/mol. The van der Waals surface area contributed by atoms with Crippen LogP contribution in [0.4, 0.5) is 0 Å². The van der Waals surface area contributed by atoms with Crippen molar-refractivity contribution in [3.63, 3.8) is 0 Å². The van der Waals surface area contributed by atoms with Crippen LogP contribution in [-0.4, -0.2) is 44.7 Å². The van der Waals surface area contributed by atoms with Crippen LogP contribution in [0.25, 0.3) is 11.8 Å². The van der Waals surface area contributed by atoms with E-state index in [4.69, 9.17) is 4.74 Å². The van der Waals surface area contributed by atoms with Gasteiger partial charge in [0, 0.05) is 6.04 Å². The minimum atomic E-state index is -0.663. The fourth-order valence-corrected chi connectivity index (χ4v) is 3.61. The van der Waals surface area contributed by atoms with Gasteiger partial charge in [0.25, 0.3) is 5.91 Å². The lowest BCUT2D eigenvalue weighted by Gasteiger charge is -2.34. The zero-order valence-electron chi connectivity index (χ0n) is 17.0. The first-order valence-corrected chi connectivity index (χ1v) is 9.94. The minimum Gasteiger partial charge on any atom is -0.451 e. The lowest BCUT2D eigenvalue weighted by atomic mass is 9.78. The number of aromatic nitrogens is 4. The first-order chi connectivity index (χ1) is 14.0. The molecule has 1 N–H and O–H groups in total. The summed E-state index contributed by atoms with van der Waals surface area (Å²) in [4.78, 5) is 25.1. The summed E-state index contributed by atoms with van der Waals surface area (Å²) in [6.07, 6.45) is 4.86. The molecule has 0 bridgehead atoms. The Bertz CT molecular complexity index is 877. The van der Waals surface area contributed by atoms with Crippen LogP contribution in [-0.2, 0) is 14.3 Å². The van der Waals surface area contributed by atoms with Crippen molar-refractivity contribution in [2.24, 2.45) is 11.8 Å². The molecule has 1 aromatic carbocycles. The van der Waals surface area contributed by atoms with E-state index in [1.54, 1.807) is 13.0 Å². The standard InChI is InChI=1S/C21H27N5O3/c1-14-8-7-11-18(15(14)2)22-20(27)13-29-21(28)19(26-16(3)23-24-25-26)12-17-9-5-4-6-10-17/h4-6,9-10,12,14-15,18H,7-8,11,13H2,1-3H3,(H,22,27)/b19-12-/t14-,15+,18-/m1/s1. The molecule has 0 aliphatic heterocycles. The molecule has 1 aliphatic carbocycles. The number of carbonyl (C=O) groups excluding carboxylic acids is 2. The summed E-state index contributed by atoms with van der Waals surface area (Å²) < 4.78 is 6.59. The molecule has 154 valence electrons. The highest BCUT2D eigenvalue weighted by atomic mass is 16.5. The SMILES string of the molecule is Cc1nnnn1/C(=C\c1ccccc1)C(=O)OCC(=O)N[C@@H]1CCC[C@@H](C)[C@@H]1C. The third kappa shape index (κ3) is 5.28. The largest absolute Gasteiger partial charge is 0.451 e. The van der Waals surface area contributed by atoms with E-state index in [-0.39, 0.29) is 24.3 Å². The highest BCUT2D eigenvalue weighted by Crippen LogP contribution is 2.29. The lowest BCUT2D eigenvalue weighted by Crippen LogP contribution is -2.45. The molecular formula is C21H27N5O3. The molecule has 2 aromatic rings. The van der Waals surface area contributed by atoms with Gasteiger partial charge in [0.2, 0.25) is 0 Å². The maximum absolute atomic E-state index is 12.7. The van der Waals surface area contributed by atoms with Gasteiger partial charge in [0.15, 0.2) is 18.1 Å². The normalized spacial score (nSPS) is 22.2. The highest BCUT2D eigenvalue weighted by Gasteiger charge is 2.28. The number of nitrogens with zero attached hydrogens (tertiary/aromatic N) is 4. The molecule has 8 nitrogen and oxygen atoms in total. The number of carbonyl (C=O) groups is 2. The number of ether oxygens (including phenoxy) is 1. The number of hydrogen-bond acceptors (Lipinski definition) is 6. The first kappa shape index (κ1) is 20.7. The fraction of sp³-hybridized carbons (Fsp3) is 0.476. The number of tetrazole rings is 1. The van der Waals surface area contributed by atoms with Crippen molar-refractivity contribution in [1.29, 1.82) is 0 Å². The van der Waals surface area contributed by atoms with Gasteiger partial charge in [-0.1, -0.05) is 57.0 Å². The Morgan fingerprint density at radius 1 is 1.24 bits per heavy atom. The van der Waals surface area contributed by atoms with Crippen LogP contribution in [0.2, 0.25) is 0 Å². The third-order valence-corrected chi connectivity index (χ3v) is 5.55. The number of benzene rings is 1. The quantitative estimate of drug-likeness (QED) is 0.594. The number of amides is 1. The molecule has 0 spiro atoms. The summed E-state index contributed by atoms with van der Waals surface area (Å²) in [6, 6.07) is 9.43. The van der Waals surface area contributed by atoms with Crippen LogP contribution < -0.4 is 5.32 Å². The van der Waals surface area contributed by atoms with Gasteiger partial charge in [-0.25, -0.2) is 4.79 Å². The smallest absolute Gasteiger partial charge is 0.357 e. The summed E-state index contributed by atoms with van der Waals surface area (Å²) in [5, 5.41) is 14.3. The number of rotatable bonds is 6. The van der Waals surface area contributed by atoms with Gasteiger partial charge in [-0.15, -0.1) is 5.10 Å². The van der Waals surface area contributed by atoms with Gasteiger partial charge in [-0.3, -0.25) is 4.79 Å². The van der Waals surface area contributed by atoms with Gasteiger partial charge in [0.05, 0.1) is 0 Å². The van der Waals surface area contributed by atoms with E-state index < -0.39 is 5.97 Å². The second kappa shape index (κ2) is 9.45. The molecule has 1 aromatic heterocycles. The molecule has 8 heteroatoms. The van der Waals surface area contributed by atoms with Crippen molar-refractivity contribution in [2.75, 3.05) is 6.61 Å². The Morgan fingerprint density at radius 2 is 2.00 bits per heavy atom. The Kier molecular flexibility index (Phi) is 6.74. The Hall–Kier alpha value is -3.03. The zero-order chi connectivity index (χ0) is 20.8. The van der Waals surface area contributed by atoms with E-state index in [1.165, 1.54) is 11.1 Å². The minimum absolute atomic E-state index is 0.117. The third-order valence-electron chi connectivity index (χ3n) is 5.55. The van der Waals surface area contributed by atoms with Crippen molar-refractivity contribution in [1.82, 2.24) is 25.5 Å². The van der Waals surface area contributed by atoms with E-state index in [9.17, 15) is 9.59 Å². The summed E-state index contributed by atoms with van der Waals surface area (Å²) in [5.74, 6) is 0.459. The Morgan fingerprint density at radius 3 is 2.69 bits per heavy atom. The lowest BCUT2D eigenvalue weighted by molar-refractivity contribution is -0.143. The van der Waals surface area contributed by atoms with E-state index in [2.05, 4.69) is 34.7 Å². The van der Waals surface area contributed by atoms with Crippen LogP contribution in [0.5, 0.6) is 0 Å². The zero-order valence-corrected chi connectivity index (χ0v) is 17.0. The monoisotopic (exact) mass is 397 g/mol. The molecule has 29 heavy (non-hydrogen) atoms. The molecule has 1 aliphatic rings. The number of esters is 1.